The van der Waals surface area contributed by atoms with Crippen LogP contribution in [0.1, 0.15) is 36.7 Å². The third-order valence-electron chi connectivity index (χ3n) is 5.07. The Labute approximate surface area is 183 Å². The Morgan fingerprint density at radius 2 is 1.77 bits per heavy atom. The van der Waals surface area contributed by atoms with Crippen molar-refractivity contribution in [2.75, 3.05) is 19.6 Å². The van der Waals surface area contributed by atoms with Crippen LogP contribution >= 0.6 is 11.6 Å². The van der Waals surface area contributed by atoms with E-state index in [-0.39, 0.29) is 41.1 Å². The molecule has 2 atom stereocenters. The van der Waals surface area contributed by atoms with Crippen LogP contribution in [0.2, 0.25) is 5.02 Å². The van der Waals surface area contributed by atoms with E-state index in [1.807, 2.05) is 51.1 Å². The first-order valence-corrected chi connectivity index (χ1v) is 11.8. The fraction of sp³-hybridized carbons (Fsp3) is 0.409. The number of carbonyl (C=O) groups is 1. The number of benzene rings is 2. The van der Waals surface area contributed by atoms with Crippen molar-refractivity contribution in [3.05, 3.63) is 64.7 Å². The molecule has 0 spiro atoms. The molecule has 1 fully saturated rings. The first kappa shape index (κ1) is 22.7. The quantitative estimate of drug-likeness (QED) is 0.671. The van der Waals surface area contributed by atoms with Gasteiger partial charge in [0.05, 0.1) is 17.2 Å². The molecule has 0 unspecified atom stereocenters. The van der Waals surface area contributed by atoms with Gasteiger partial charge in [-0.3, -0.25) is 4.79 Å². The van der Waals surface area contributed by atoms with E-state index >= 15 is 0 Å². The predicted molar refractivity (Wildman–Crippen MR) is 117 cm³/mol. The zero-order valence-electron chi connectivity index (χ0n) is 17.4. The third-order valence-corrected chi connectivity index (χ3v) is 7.38. The number of rotatable bonds is 6. The van der Waals surface area contributed by atoms with Crippen molar-refractivity contribution in [2.24, 2.45) is 0 Å². The summed E-state index contributed by atoms with van der Waals surface area (Å²) in [4.78, 5) is 14.7. The van der Waals surface area contributed by atoms with Crippen molar-refractivity contribution >= 4 is 27.5 Å². The maximum absolute atomic E-state index is 13.3. The largest absolute Gasteiger partial charge is 0.373 e. The van der Waals surface area contributed by atoms with Gasteiger partial charge < -0.3 is 9.64 Å². The highest BCUT2D eigenvalue weighted by atomic mass is 35.5. The van der Waals surface area contributed by atoms with Gasteiger partial charge in [-0.2, -0.15) is 4.31 Å². The van der Waals surface area contributed by atoms with E-state index in [1.165, 1.54) is 16.4 Å². The lowest BCUT2D eigenvalue weighted by Gasteiger charge is -2.34. The van der Waals surface area contributed by atoms with E-state index in [4.69, 9.17) is 16.3 Å². The zero-order valence-corrected chi connectivity index (χ0v) is 19.0. The van der Waals surface area contributed by atoms with Crippen molar-refractivity contribution in [1.82, 2.24) is 9.21 Å². The molecule has 162 valence electrons. The number of hydrogen-bond acceptors (Lipinski definition) is 4. The monoisotopic (exact) mass is 450 g/mol. The van der Waals surface area contributed by atoms with Crippen LogP contribution in [0.25, 0.3) is 0 Å². The van der Waals surface area contributed by atoms with E-state index in [0.29, 0.717) is 18.7 Å². The predicted octanol–water partition coefficient (Wildman–Crippen LogP) is 3.80. The van der Waals surface area contributed by atoms with Crippen LogP contribution in [0.15, 0.2) is 53.4 Å². The summed E-state index contributed by atoms with van der Waals surface area (Å²) in [5.74, 6) is -0.238. The first-order valence-electron chi connectivity index (χ1n) is 10.0. The molecule has 1 aliphatic heterocycles. The van der Waals surface area contributed by atoms with Crippen LogP contribution in [0, 0.1) is 0 Å². The van der Waals surface area contributed by atoms with Gasteiger partial charge in [0.1, 0.15) is 4.90 Å². The summed E-state index contributed by atoms with van der Waals surface area (Å²) in [7, 11) is -3.86. The van der Waals surface area contributed by atoms with E-state index < -0.39 is 10.0 Å². The number of ether oxygens (including phenoxy) is 1. The van der Waals surface area contributed by atoms with Crippen molar-refractivity contribution < 1.29 is 17.9 Å². The maximum Gasteiger partial charge on any atom is 0.254 e. The van der Waals surface area contributed by atoms with Crippen LogP contribution in [-0.2, 0) is 21.3 Å². The highest BCUT2D eigenvalue weighted by Crippen LogP contribution is 2.28. The minimum absolute atomic E-state index is 0.0490. The van der Waals surface area contributed by atoms with Crippen LogP contribution in [0.4, 0.5) is 0 Å². The summed E-state index contributed by atoms with van der Waals surface area (Å²) in [6.45, 7) is 7.00. The number of carbonyl (C=O) groups excluding carboxylic acids is 1. The van der Waals surface area contributed by atoms with E-state index in [9.17, 15) is 13.2 Å². The van der Waals surface area contributed by atoms with E-state index in [1.54, 1.807) is 11.0 Å². The van der Waals surface area contributed by atoms with E-state index in [2.05, 4.69) is 0 Å². The van der Waals surface area contributed by atoms with Gasteiger partial charge >= 0.3 is 0 Å². The molecule has 1 amide bonds. The minimum Gasteiger partial charge on any atom is -0.373 e. The normalized spacial score (nSPS) is 20.1. The number of morpholine rings is 1. The lowest BCUT2D eigenvalue weighted by molar-refractivity contribution is -0.0440. The molecule has 6 nitrogen and oxygen atoms in total. The molecule has 1 saturated heterocycles. The molecule has 1 heterocycles. The number of sulfonamides is 1. The van der Waals surface area contributed by atoms with E-state index in [0.717, 1.165) is 5.56 Å². The van der Waals surface area contributed by atoms with Crippen molar-refractivity contribution in [3.8, 4) is 0 Å². The molecule has 0 saturated carbocycles. The molecule has 0 radical (unpaired) electrons. The standard InChI is InChI=1S/C22H27ClN2O4S/c1-4-24(15-18-8-6-5-7-9-18)22(26)19-10-11-20(23)21(12-19)30(27,28)25-13-16(2)29-17(3)14-25/h5-12,16-17H,4,13-15H2,1-3H3/t16-,17-/m1/s1. The Balaban J connectivity index is 1.89. The van der Waals surface area contributed by atoms with Crippen molar-refractivity contribution in [2.45, 2.75) is 44.4 Å². The lowest BCUT2D eigenvalue weighted by atomic mass is 10.1. The van der Waals surface area contributed by atoms with Gasteiger partial charge in [0.25, 0.3) is 5.91 Å². The zero-order chi connectivity index (χ0) is 21.9. The van der Waals surface area contributed by atoms with Crippen LogP contribution in [-0.4, -0.2) is 55.4 Å². The SMILES string of the molecule is CCN(Cc1ccccc1)C(=O)c1ccc(Cl)c(S(=O)(=O)N2C[C@@H](C)O[C@H](C)C2)c1. The molecule has 3 rings (SSSR count). The average Bonchev–Trinajstić information content (AvgIpc) is 2.71. The summed E-state index contributed by atoms with van der Waals surface area (Å²) < 4.78 is 33.6. The van der Waals surface area contributed by atoms with Gasteiger partial charge in [-0.05, 0) is 44.5 Å². The lowest BCUT2D eigenvalue weighted by Crippen LogP contribution is -2.48. The number of hydrogen-bond donors (Lipinski definition) is 0. The highest BCUT2D eigenvalue weighted by molar-refractivity contribution is 7.89. The third kappa shape index (κ3) is 5.03. The van der Waals surface area contributed by atoms with Gasteiger partial charge in [0, 0.05) is 31.7 Å². The molecule has 0 aromatic heterocycles. The van der Waals surface area contributed by atoms with Gasteiger partial charge in [-0.25, -0.2) is 8.42 Å². The molecule has 8 heteroatoms. The molecule has 1 aliphatic rings. The Hall–Kier alpha value is -1.93. The van der Waals surface area contributed by atoms with Crippen LogP contribution < -0.4 is 0 Å². The van der Waals surface area contributed by atoms with Crippen molar-refractivity contribution in [3.63, 3.8) is 0 Å². The fourth-order valence-electron chi connectivity index (χ4n) is 3.61. The molecule has 0 N–H and O–H groups in total. The van der Waals surface area contributed by atoms with Crippen LogP contribution in [0.3, 0.4) is 0 Å². The summed E-state index contributed by atoms with van der Waals surface area (Å²) >= 11 is 6.26. The highest BCUT2D eigenvalue weighted by Gasteiger charge is 2.34. The number of nitrogens with zero attached hydrogens (tertiary/aromatic N) is 2. The minimum atomic E-state index is -3.86. The molecule has 0 aliphatic carbocycles. The Kier molecular flexibility index (Phi) is 7.18. The Bertz CT molecular complexity index is 987. The van der Waals surface area contributed by atoms with Gasteiger partial charge in [0.2, 0.25) is 10.0 Å². The molecule has 30 heavy (non-hydrogen) atoms. The average molecular weight is 451 g/mol. The Morgan fingerprint density at radius 3 is 2.37 bits per heavy atom. The fourth-order valence-corrected chi connectivity index (χ4v) is 5.70. The van der Waals surface area contributed by atoms with Crippen molar-refractivity contribution in [1.29, 1.82) is 0 Å². The van der Waals surface area contributed by atoms with Gasteiger partial charge in [-0.1, -0.05) is 41.9 Å². The topological polar surface area (TPSA) is 66.9 Å². The van der Waals surface area contributed by atoms with Crippen LogP contribution in [0.5, 0.6) is 0 Å². The molecular formula is C22H27ClN2O4S. The molecular weight excluding hydrogens is 424 g/mol. The first-order chi connectivity index (χ1) is 14.2. The second-order valence-corrected chi connectivity index (χ2v) is 9.84. The molecule has 2 aromatic rings. The van der Waals surface area contributed by atoms with Gasteiger partial charge in [0.15, 0.2) is 0 Å². The smallest absolute Gasteiger partial charge is 0.254 e. The molecule has 2 aromatic carbocycles. The summed E-state index contributed by atoms with van der Waals surface area (Å²) in [5.41, 5.74) is 1.30. The summed E-state index contributed by atoms with van der Waals surface area (Å²) in [6.07, 6.45) is -0.429. The Morgan fingerprint density at radius 1 is 1.13 bits per heavy atom. The second-order valence-electron chi connectivity index (χ2n) is 7.53. The summed E-state index contributed by atoms with van der Waals surface area (Å²) in [6, 6.07) is 14.1. The number of halogens is 1. The maximum atomic E-state index is 13.3. The second kappa shape index (κ2) is 9.47. The summed E-state index contributed by atoms with van der Waals surface area (Å²) in [5, 5.41) is 0.101. The number of amides is 1. The molecule has 0 bridgehead atoms. The van der Waals surface area contributed by atoms with Gasteiger partial charge in [-0.15, -0.1) is 0 Å².